The molecule has 0 atom stereocenters. The van der Waals surface area contributed by atoms with Crippen LogP contribution in [-0.2, 0) is 22.7 Å². The molecule has 3 nitrogen and oxygen atoms in total. The summed E-state index contributed by atoms with van der Waals surface area (Å²) in [7, 11) is 0. The summed E-state index contributed by atoms with van der Waals surface area (Å²) >= 11 is 0. The highest BCUT2D eigenvalue weighted by Crippen LogP contribution is 2.10. The van der Waals surface area contributed by atoms with Gasteiger partial charge in [0.05, 0.1) is 24.6 Å². The lowest BCUT2D eigenvalue weighted by Gasteiger charge is -2.07. The fourth-order valence-electron chi connectivity index (χ4n) is 3.44. The molecule has 0 radical (unpaired) electrons. The number of allylic oxidation sites excluding steroid dienone is 2. The van der Waals surface area contributed by atoms with E-state index < -0.39 is 0 Å². The van der Waals surface area contributed by atoms with Crippen LogP contribution in [0.3, 0.4) is 0 Å². The van der Waals surface area contributed by atoms with Gasteiger partial charge in [-0.3, -0.25) is 4.98 Å². The number of hydrogen-bond acceptors (Lipinski definition) is 3. The SMILES string of the molecule is C=CCCCCCCCCOCc1cccc(COCCCCCCCCC=C)n1. The molecule has 1 aromatic rings. The lowest BCUT2D eigenvalue weighted by Crippen LogP contribution is -2.02. The number of nitrogens with zero attached hydrogens (tertiary/aromatic N) is 1. The molecule has 1 aromatic heterocycles. The number of aromatic nitrogens is 1. The molecule has 0 unspecified atom stereocenters. The van der Waals surface area contributed by atoms with Crippen LogP contribution in [0.4, 0.5) is 0 Å². The van der Waals surface area contributed by atoms with Crippen molar-refractivity contribution in [2.75, 3.05) is 13.2 Å². The maximum atomic E-state index is 5.80. The average Bonchev–Trinajstić information content (AvgIpc) is 2.76. The van der Waals surface area contributed by atoms with Crippen LogP contribution < -0.4 is 0 Å². The van der Waals surface area contributed by atoms with E-state index in [4.69, 9.17) is 9.47 Å². The first-order valence-electron chi connectivity index (χ1n) is 12.2. The maximum absolute atomic E-state index is 5.80. The van der Waals surface area contributed by atoms with E-state index in [1.807, 2.05) is 24.3 Å². The highest BCUT2D eigenvalue weighted by Gasteiger charge is 2.00. The molecule has 170 valence electrons. The Hall–Kier alpha value is -1.45. The van der Waals surface area contributed by atoms with Gasteiger partial charge in [-0.05, 0) is 50.7 Å². The van der Waals surface area contributed by atoms with Gasteiger partial charge in [0.25, 0.3) is 0 Å². The van der Waals surface area contributed by atoms with E-state index in [0.29, 0.717) is 13.2 Å². The Morgan fingerprint density at radius 2 is 1.00 bits per heavy atom. The van der Waals surface area contributed by atoms with Crippen molar-refractivity contribution in [1.29, 1.82) is 0 Å². The zero-order valence-corrected chi connectivity index (χ0v) is 19.3. The summed E-state index contributed by atoms with van der Waals surface area (Å²) in [6.45, 7) is 10.4. The van der Waals surface area contributed by atoms with E-state index in [0.717, 1.165) is 50.3 Å². The summed E-state index contributed by atoms with van der Waals surface area (Å²) in [4.78, 5) is 4.66. The minimum Gasteiger partial charge on any atom is -0.375 e. The Bertz CT molecular complexity index is 486. The first-order chi connectivity index (χ1) is 14.9. The van der Waals surface area contributed by atoms with E-state index in [2.05, 4.69) is 24.2 Å². The number of ether oxygens (including phenoxy) is 2. The molecule has 0 N–H and O–H groups in total. The largest absolute Gasteiger partial charge is 0.375 e. The Morgan fingerprint density at radius 3 is 1.43 bits per heavy atom. The number of rotatable bonds is 22. The minimum absolute atomic E-state index is 0.596. The van der Waals surface area contributed by atoms with Gasteiger partial charge in [-0.2, -0.15) is 0 Å². The van der Waals surface area contributed by atoms with Gasteiger partial charge in [0.1, 0.15) is 0 Å². The quantitative estimate of drug-likeness (QED) is 0.142. The summed E-state index contributed by atoms with van der Waals surface area (Å²) in [5, 5.41) is 0. The third kappa shape index (κ3) is 16.4. The van der Waals surface area contributed by atoms with Crippen LogP contribution in [0.15, 0.2) is 43.5 Å². The van der Waals surface area contributed by atoms with Gasteiger partial charge in [0.2, 0.25) is 0 Å². The van der Waals surface area contributed by atoms with Crippen molar-refractivity contribution in [1.82, 2.24) is 4.98 Å². The zero-order valence-electron chi connectivity index (χ0n) is 19.3. The van der Waals surface area contributed by atoms with E-state index in [9.17, 15) is 0 Å². The highest BCUT2D eigenvalue weighted by atomic mass is 16.5. The van der Waals surface area contributed by atoms with Crippen LogP contribution in [0.25, 0.3) is 0 Å². The zero-order chi connectivity index (χ0) is 21.5. The van der Waals surface area contributed by atoms with E-state index in [-0.39, 0.29) is 0 Å². The molecule has 0 saturated carbocycles. The number of pyridine rings is 1. The van der Waals surface area contributed by atoms with E-state index >= 15 is 0 Å². The third-order valence-electron chi connectivity index (χ3n) is 5.26. The fourth-order valence-corrected chi connectivity index (χ4v) is 3.44. The standard InChI is InChI=1S/C27H45NO2/c1-3-5-7-9-11-13-15-17-22-29-24-26-20-19-21-27(28-26)25-30-23-18-16-14-12-10-8-6-4-2/h3-4,19-21H,1-2,5-18,22-25H2. The topological polar surface area (TPSA) is 31.4 Å². The average molecular weight is 416 g/mol. The first-order valence-corrected chi connectivity index (χ1v) is 12.2. The molecule has 0 aliphatic rings. The van der Waals surface area contributed by atoms with Crippen LogP contribution in [0, 0.1) is 0 Å². The molecule has 0 aromatic carbocycles. The van der Waals surface area contributed by atoms with Gasteiger partial charge in [0, 0.05) is 13.2 Å². The van der Waals surface area contributed by atoms with Gasteiger partial charge < -0.3 is 9.47 Å². The van der Waals surface area contributed by atoms with Gasteiger partial charge in [-0.15, -0.1) is 13.2 Å². The first kappa shape index (κ1) is 26.6. The minimum atomic E-state index is 0.596. The molecule has 30 heavy (non-hydrogen) atoms. The third-order valence-corrected chi connectivity index (χ3v) is 5.26. The lowest BCUT2D eigenvalue weighted by molar-refractivity contribution is 0.108. The molecule has 0 saturated heterocycles. The summed E-state index contributed by atoms with van der Waals surface area (Å²) in [5.41, 5.74) is 2.00. The van der Waals surface area contributed by atoms with Gasteiger partial charge in [-0.25, -0.2) is 0 Å². The molecule has 1 heterocycles. The van der Waals surface area contributed by atoms with Crippen molar-refractivity contribution in [2.24, 2.45) is 0 Å². The summed E-state index contributed by atoms with van der Waals surface area (Å²) in [5.74, 6) is 0. The molecule has 0 aliphatic carbocycles. The molecule has 1 rings (SSSR count). The monoisotopic (exact) mass is 415 g/mol. The summed E-state index contributed by atoms with van der Waals surface area (Å²) in [6.07, 6.45) is 21.6. The Labute approximate surface area is 186 Å². The predicted octanol–water partition coefficient (Wildman–Crippen LogP) is 7.95. The van der Waals surface area contributed by atoms with Crippen molar-refractivity contribution in [3.05, 3.63) is 54.9 Å². The highest BCUT2D eigenvalue weighted by molar-refractivity contribution is 5.09. The van der Waals surface area contributed by atoms with Crippen LogP contribution >= 0.6 is 0 Å². The maximum Gasteiger partial charge on any atom is 0.0887 e. The number of unbranched alkanes of at least 4 members (excludes halogenated alkanes) is 12. The van der Waals surface area contributed by atoms with Gasteiger partial charge >= 0.3 is 0 Å². The smallest absolute Gasteiger partial charge is 0.0887 e. The molecule has 0 bridgehead atoms. The second-order valence-electron chi connectivity index (χ2n) is 8.12. The molecule has 0 fully saturated rings. The summed E-state index contributed by atoms with van der Waals surface area (Å²) in [6, 6.07) is 6.13. The lowest BCUT2D eigenvalue weighted by atomic mass is 10.1. The Morgan fingerprint density at radius 1 is 0.600 bits per heavy atom. The second kappa shape index (κ2) is 20.8. The fraction of sp³-hybridized carbons (Fsp3) is 0.667. The molecular formula is C27H45NO2. The van der Waals surface area contributed by atoms with Crippen LogP contribution in [0.1, 0.15) is 101 Å². The summed E-state index contributed by atoms with van der Waals surface area (Å²) < 4.78 is 11.6. The molecular weight excluding hydrogens is 370 g/mol. The van der Waals surface area contributed by atoms with Crippen molar-refractivity contribution in [2.45, 2.75) is 103 Å². The van der Waals surface area contributed by atoms with Crippen molar-refractivity contribution < 1.29 is 9.47 Å². The van der Waals surface area contributed by atoms with E-state index in [1.165, 1.54) is 64.2 Å². The van der Waals surface area contributed by atoms with Gasteiger partial charge in [0.15, 0.2) is 0 Å². The molecule has 0 aliphatic heterocycles. The second-order valence-corrected chi connectivity index (χ2v) is 8.12. The van der Waals surface area contributed by atoms with Crippen molar-refractivity contribution >= 4 is 0 Å². The predicted molar refractivity (Wildman–Crippen MR) is 129 cm³/mol. The molecule has 3 heteroatoms. The molecule has 0 amide bonds. The van der Waals surface area contributed by atoms with Crippen LogP contribution in [-0.4, -0.2) is 18.2 Å². The number of hydrogen-bond donors (Lipinski definition) is 0. The normalized spacial score (nSPS) is 10.9. The van der Waals surface area contributed by atoms with Crippen LogP contribution in [0.5, 0.6) is 0 Å². The van der Waals surface area contributed by atoms with Gasteiger partial charge in [-0.1, -0.05) is 69.6 Å². The Balaban J connectivity index is 1.98. The van der Waals surface area contributed by atoms with E-state index in [1.54, 1.807) is 0 Å². The molecule has 0 spiro atoms. The van der Waals surface area contributed by atoms with Crippen molar-refractivity contribution in [3.63, 3.8) is 0 Å². The Kier molecular flexibility index (Phi) is 18.4. The van der Waals surface area contributed by atoms with Crippen molar-refractivity contribution in [3.8, 4) is 0 Å². The van der Waals surface area contributed by atoms with Crippen LogP contribution in [0.2, 0.25) is 0 Å².